The van der Waals surface area contributed by atoms with Crippen LogP contribution in [0, 0.1) is 0 Å². The fourth-order valence-electron chi connectivity index (χ4n) is 1.92. The van der Waals surface area contributed by atoms with Gasteiger partial charge in [0, 0.05) is 0 Å². The molecule has 2 aromatic carbocycles. The lowest BCUT2D eigenvalue weighted by Crippen LogP contribution is -1.97. The summed E-state index contributed by atoms with van der Waals surface area (Å²) >= 11 is 0. The lowest BCUT2D eigenvalue weighted by Gasteiger charge is -2.07. The molecule has 0 bridgehead atoms. The van der Waals surface area contributed by atoms with Crippen LogP contribution in [-0.4, -0.2) is 26.1 Å². The van der Waals surface area contributed by atoms with Gasteiger partial charge in [-0.15, -0.1) is 5.10 Å². The van der Waals surface area contributed by atoms with E-state index in [1.165, 1.54) is 10.9 Å². The molecular formula is C16H13N3O3. The van der Waals surface area contributed by atoms with Gasteiger partial charge in [0.2, 0.25) is 0 Å². The molecule has 6 heteroatoms. The third-order valence-electron chi connectivity index (χ3n) is 3.06. The summed E-state index contributed by atoms with van der Waals surface area (Å²) < 4.78 is 7.09. The van der Waals surface area contributed by atoms with Crippen molar-refractivity contribution in [3.05, 3.63) is 72.1 Å². The van der Waals surface area contributed by atoms with Crippen LogP contribution in [0.15, 0.2) is 60.8 Å². The first-order valence-corrected chi connectivity index (χ1v) is 6.65. The average Bonchev–Trinajstić information content (AvgIpc) is 3.05. The van der Waals surface area contributed by atoms with Crippen molar-refractivity contribution in [2.75, 3.05) is 0 Å². The Hall–Kier alpha value is -3.15. The molecule has 0 aliphatic carbocycles. The van der Waals surface area contributed by atoms with Crippen LogP contribution in [0.25, 0.3) is 5.69 Å². The third-order valence-corrected chi connectivity index (χ3v) is 3.06. The van der Waals surface area contributed by atoms with Gasteiger partial charge in [0.25, 0.3) is 0 Å². The second-order valence-corrected chi connectivity index (χ2v) is 4.62. The molecule has 0 saturated carbocycles. The minimum Gasteiger partial charge on any atom is -0.489 e. The summed E-state index contributed by atoms with van der Waals surface area (Å²) in [6.45, 7) is 0.493. The minimum absolute atomic E-state index is 0.0931. The number of aromatic carboxylic acids is 1. The van der Waals surface area contributed by atoms with Gasteiger partial charge in [-0.05, 0) is 29.8 Å². The monoisotopic (exact) mass is 295 g/mol. The van der Waals surface area contributed by atoms with Crippen LogP contribution < -0.4 is 4.74 Å². The van der Waals surface area contributed by atoms with Gasteiger partial charge in [0.15, 0.2) is 5.69 Å². The molecule has 1 N–H and O–H groups in total. The molecule has 0 unspecified atom stereocenters. The molecule has 3 rings (SSSR count). The molecule has 0 aliphatic rings. The fourth-order valence-corrected chi connectivity index (χ4v) is 1.92. The molecule has 22 heavy (non-hydrogen) atoms. The highest BCUT2D eigenvalue weighted by Crippen LogP contribution is 2.16. The van der Waals surface area contributed by atoms with E-state index in [0.29, 0.717) is 12.3 Å². The Balaban J connectivity index is 1.68. The summed E-state index contributed by atoms with van der Waals surface area (Å²) in [5.41, 5.74) is 1.71. The van der Waals surface area contributed by atoms with Gasteiger partial charge < -0.3 is 9.84 Å². The highest BCUT2D eigenvalue weighted by atomic mass is 16.5. The number of carboxylic acids is 1. The van der Waals surface area contributed by atoms with Crippen molar-refractivity contribution < 1.29 is 14.6 Å². The summed E-state index contributed by atoms with van der Waals surface area (Å²) in [4.78, 5) is 10.8. The van der Waals surface area contributed by atoms with Gasteiger partial charge in [-0.2, -0.15) is 0 Å². The number of nitrogens with zero attached hydrogens (tertiary/aromatic N) is 3. The second kappa shape index (κ2) is 6.09. The number of aromatic nitrogens is 3. The molecule has 110 valence electrons. The van der Waals surface area contributed by atoms with Crippen molar-refractivity contribution in [2.24, 2.45) is 0 Å². The maximum absolute atomic E-state index is 10.8. The maximum atomic E-state index is 10.8. The van der Waals surface area contributed by atoms with E-state index in [9.17, 15) is 4.79 Å². The van der Waals surface area contributed by atoms with Gasteiger partial charge in [-0.1, -0.05) is 35.5 Å². The van der Waals surface area contributed by atoms with Gasteiger partial charge >= 0.3 is 5.97 Å². The predicted molar refractivity (Wildman–Crippen MR) is 79.1 cm³/mol. The lowest BCUT2D eigenvalue weighted by atomic mass is 10.2. The SMILES string of the molecule is O=C(O)c1cn(-c2ccc(OCc3ccccc3)cc2)nn1. The number of rotatable bonds is 5. The second-order valence-electron chi connectivity index (χ2n) is 4.62. The standard InChI is InChI=1S/C16H13N3O3/c20-16(21)15-10-19(18-17-15)13-6-8-14(9-7-13)22-11-12-4-2-1-3-5-12/h1-10H,11H2,(H,20,21). The Labute approximate surface area is 126 Å². The van der Waals surface area contributed by atoms with Crippen molar-refractivity contribution in [1.82, 2.24) is 15.0 Å². The van der Waals surface area contributed by atoms with E-state index in [2.05, 4.69) is 10.3 Å². The number of hydrogen-bond acceptors (Lipinski definition) is 4. The zero-order valence-electron chi connectivity index (χ0n) is 11.6. The molecular weight excluding hydrogens is 282 g/mol. The summed E-state index contributed by atoms with van der Waals surface area (Å²) in [5.74, 6) is -0.375. The van der Waals surface area contributed by atoms with Crippen LogP contribution in [0.2, 0.25) is 0 Å². The first-order valence-electron chi connectivity index (χ1n) is 6.65. The average molecular weight is 295 g/mol. The molecule has 0 atom stereocenters. The summed E-state index contributed by atoms with van der Waals surface area (Å²) in [6, 6.07) is 17.1. The zero-order valence-corrected chi connectivity index (χ0v) is 11.6. The number of ether oxygens (including phenoxy) is 1. The number of benzene rings is 2. The molecule has 0 spiro atoms. The molecule has 6 nitrogen and oxygen atoms in total. The Bertz CT molecular complexity index is 767. The normalized spacial score (nSPS) is 10.4. The molecule has 1 heterocycles. The van der Waals surface area contributed by atoms with Crippen LogP contribution >= 0.6 is 0 Å². The Morgan fingerprint density at radius 1 is 1.09 bits per heavy atom. The number of carboxylic acid groups (broad SMARTS) is 1. The van der Waals surface area contributed by atoms with Crippen molar-refractivity contribution in [3.63, 3.8) is 0 Å². The Kier molecular flexibility index (Phi) is 3.82. The van der Waals surface area contributed by atoms with E-state index >= 15 is 0 Å². The maximum Gasteiger partial charge on any atom is 0.358 e. The topological polar surface area (TPSA) is 77.2 Å². The van der Waals surface area contributed by atoms with E-state index in [4.69, 9.17) is 9.84 Å². The first-order chi connectivity index (χ1) is 10.7. The number of carbonyl (C=O) groups is 1. The van der Waals surface area contributed by atoms with E-state index < -0.39 is 5.97 Å². The molecule has 0 aliphatic heterocycles. The quantitative estimate of drug-likeness (QED) is 0.782. The number of hydrogen-bond donors (Lipinski definition) is 1. The largest absolute Gasteiger partial charge is 0.489 e. The van der Waals surface area contributed by atoms with Crippen LogP contribution in [-0.2, 0) is 6.61 Å². The summed E-state index contributed by atoms with van der Waals surface area (Å²) in [6.07, 6.45) is 1.36. The molecule has 3 aromatic rings. The van der Waals surface area contributed by atoms with Crippen molar-refractivity contribution in [2.45, 2.75) is 6.61 Å². The zero-order chi connectivity index (χ0) is 15.4. The molecule has 0 saturated heterocycles. The van der Waals surface area contributed by atoms with Gasteiger partial charge in [-0.3, -0.25) is 0 Å². The van der Waals surface area contributed by atoms with Crippen LogP contribution in [0.1, 0.15) is 16.1 Å². The van der Waals surface area contributed by atoms with Crippen LogP contribution in [0.3, 0.4) is 0 Å². The molecule has 1 aromatic heterocycles. The predicted octanol–water partition coefficient (Wildman–Crippen LogP) is 2.54. The van der Waals surface area contributed by atoms with E-state index in [-0.39, 0.29) is 5.69 Å². The molecule has 0 radical (unpaired) electrons. The molecule has 0 fully saturated rings. The smallest absolute Gasteiger partial charge is 0.358 e. The van der Waals surface area contributed by atoms with Crippen molar-refractivity contribution >= 4 is 5.97 Å². The fraction of sp³-hybridized carbons (Fsp3) is 0.0625. The first kappa shape index (κ1) is 13.8. The van der Waals surface area contributed by atoms with E-state index in [1.54, 1.807) is 24.3 Å². The lowest BCUT2D eigenvalue weighted by molar-refractivity contribution is 0.0690. The minimum atomic E-state index is -1.10. The highest BCUT2D eigenvalue weighted by molar-refractivity contribution is 5.84. The Morgan fingerprint density at radius 2 is 1.82 bits per heavy atom. The van der Waals surface area contributed by atoms with Gasteiger partial charge in [0.05, 0.1) is 11.9 Å². The van der Waals surface area contributed by atoms with Gasteiger partial charge in [-0.25, -0.2) is 9.48 Å². The van der Waals surface area contributed by atoms with Crippen molar-refractivity contribution in [1.29, 1.82) is 0 Å². The summed E-state index contributed by atoms with van der Waals surface area (Å²) in [5, 5.41) is 16.2. The van der Waals surface area contributed by atoms with Crippen LogP contribution in [0.4, 0.5) is 0 Å². The van der Waals surface area contributed by atoms with Crippen molar-refractivity contribution in [3.8, 4) is 11.4 Å². The third kappa shape index (κ3) is 3.12. The van der Waals surface area contributed by atoms with Gasteiger partial charge in [0.1, 0.15) is 12.4 Å². The van der Waals surface area contributed by atoms with E-state index in [0.717, 1.165) is 11.3 Å². The Morgan fingerprint density at radius 3 is 2.45 bits per heavy atom. The summed E-state index contributed by atoms with van der Waals surface area (Å²) in [7, 11) is 0. The molecule has 0 amide bonds. The van der Waals surface area contributed by atoms with Crippen LogP contribution in [0.5, 0.6) is 5.75 Å². The van der Waals surface area contributed by atoms with E-state index in [1.807, 2.05) is 30.3 Å². The highest BCUT2D eigenvalue weighted by Gasteiger charge is 2.09.